The van der Waals surface area contributed by atoms with Gasteiger partial charge in [-0.05, 0) is 68.9 Å². The number of piperidine rings is 1. The predicted molar refractivity (Wildman–Crippen MR) is 115 cm³/mol. The van der Waals surface area contributed by atoms with E-state index in [1.807, 2.05) is 4.68 Å². The molecule has 2 aliphatic heterocycles. The summed E-state index contributed by atoms with van der Waals surface area (Å²) in [6.07, 6.45) is 4.43. The average molecular weight is 410 g/mol. The van der Waals surface area contributed by atoms with Crippen LogP contribution in [0.25, 0.3) is 16.9 Å². The van der Waals surface area contributed by atoms with Crippen molar-refractivity contribution in [2.45, 2.75) is 64.3 Å². The second-order valence-electron chi connectivity index (χ2n) is 9.06. The van der Waals surface area contributed by atoms with E-state index in [9.17, 15) is 0 Å². The van der Waals surface area contributed by atoms with Crippen LogP contribution in [0, 0.1) is 6.92 Å². The molecule has 0 bridgehead atoms. The maximum absolute atomic E-state index is 5.72. The number of rotatable bonds is 4. The van der Waals surface area contributed by atoms with Crippen LogP contribution in [0.2, 0.25) is 0 Å². The molecule has 4 heterocycles. The summed E-state index contributed by atoms with van der Waals surface area (Å²) in [4.78, 5) is 7.39. The molecule has 2 saturated heterocycles. The molecule has 2 aromatic heterocycles. The number of fused-ring (bicyclic) bond motifs is 1. The van der Waals surface area contributed by atoms with Crippen molar-refractivity contribution >= 4 is 10.9 Å². The number of likely N-dealkylation sites (tertiary alicyclic amines) is 1. The highest BCUT2D eigenvalue weighted by molar-refractivity contribution is 5.84. The lowest BCUT2D eigenvalue weighted by atomic mass is 9.94. The normalized spacial score (nSPS) is 19.9. The van der Waals surface area contributed by atoms with Gasteiger partial charge < -0.3 is 14.2 Å². The highest BCUT2D eigenvalue weighted by Crippen LogP contribution is 2.31. The maximum atomic E-state index is 5.72. The van der Waals surface area contributed by atoms with E-state index in [0.29, 0.717) is 23.8 Å². The molecule has 30 heavy (non-hydrogen) atoms. The lowest BCUT2D eigenvalue weighted by molar-refractivity contribution is 0.0239. The molecule has 0 aliphatic carbocycles. The zero-order valence-electron chi connectivity index (χ0n) is 18.2. The minimum atomic E-state index is 0.330. The fourth-order valence-corrected chi connectivity index (χ4v) is 4.87. The van der Waals surface area contributed by atoms with Gasteiger partial charge in [0.25, 0.3) is 5.95 Å². The fraction of sp³-hybridized carbons (Fsp3) is 0.609. The van der Waals surface area contributed by atoms with Gasteiger partial charge >= 0.3 is 0 Å². The molecular formula is C23H31N5O2. The Morgan fingerprint density at radius 3 is 2.57 bits per heavy atom. The van der Waals surface area contributed by atoms with Gasteiger partial charge in [-0.1, -0.05) is 25.5 Å². The van der Waals surface area contributed by atoms with E-state index in [2.05, 4.69) is 49.0 Å². The van der Waals surface area contributed by atoms with Crippen LogP contribution in [-0.2, 0) is 4.74 Å². The molecule has 0 atom stereocenters. The Balaban J connectivity index is 1.35. The van der Waals surface area contributed by atoms with Crippen LogP contribution in [0.1, 0.15) is 68.5 Å². The second-order valence-corrected chi connectivity index (χ2v) is 9.06. The summed E-state index contributed by atoms with van der Waals surface area (Å²) in [6.45, 7) is 10.4. The van der Waals surface area contributed by atoms with Crippen LogP contribution in [-0.4, -0.2) is 57.2 Å². The summed E-state index contributed by atoms with van der Waals surface area (Å²) < 4.78 is 13.1. The van der Waals surface area contributed by atoms with Crippen molar-refractivity contribution in [3.05, 3.63) is 35.3 Å². The van der Waals surface area contributed by atoms with Gasteiger partial charge in [0.1, 0.15) is 0 Å². The minimum Gasteiger partial charge on any atom is -0.381 e. The third kappa shape index (κ3) is 3.65. The van der Waals surface area contributed by atoms with Gasteiger partial charge in [0, 0.05) is 30.6 Å². The monoisotopic (exact) mass is 409 g/mol. The number of ether oxygens (including phenoxy) is 1. The number of nitrogens with zero attached hydrogens (tertiary/aromatic N) is 5. The van der Waals surface area contributed by atoms with Gasteiger partial charge in [0.2, 0.25) is 5.89 Å². The van der Waals surface area contributed by atoms with Gasteiger partial charge in [-0.15, -0.1) is 0 Å². The average Bonchev–Trinajstić information content (AvgIpc) is 3.39. The van der Waals surface area contributed by atoms with Gasteiger partial charge in [0.05, 0.1) is 11.2 Å². The predicted octanol–water partition coefficient (Wildman–Crippen LogP) is 4.20. The molecule has 0 amide bonds. The SMILES string of the molecule is Cc1ccc2c(c1)c(C(C)C)nn2-c1noc(C2CCN(C3CCOCC3)CC2)n1. The molecule has 0 radical (unpaired) electrons. The maximum Gasteiger partial charge on any atom is 0.291 e. The Labute approximate surface area is 177 Å². The third-order valence-corrected chi connectivity index (χ3v) is 6.62. The molecule has 0 unspecified atom stereocenters. The van der Waals surface area contributed by atoms with Gasteiger partial charge in [-0.25, -0.2) is 0 Å². The molecule has 2 fully saturated rings. The molecular weight excluding hydrogens is 378 g/mol. The quantitative estimate of drug-likeness (QED) is 0.643. The van der Waals surface area contributed by atoms with Crippen molar-refractivity contribution in [1.29, 1.82) is 0 Å². The van der Waals surface area contributed by atoms with Gasteiger partial charge in [0.15, 0.2) is 0 Å². The molecule has 0 N–H and O–H groups in total. The highest BCUT2D eigenvalue weighted by Gasteiger charge is 2.30. The Bertz CT molecular complexity index is 1010. The van der Waals surface area contributed by atoms with E-state index in [1.54, 1.807) is 0 Å². The molecule has 160 valence electrons. The van der Waals surface area contributed by atoms with Crippen LogP contribution < -0.4 is 0 Å². The molecule has 3 aromatic rings. The summed E-state index contributed by atoms with van der Waals surface area (Å²) in [5, 5.41) is 10.3. The first-order chi connectivity index (χ1) is 14.6. The van der Waals surface area contributed by atoms with Crippen LogP contribution in [0.3, 0.4) is 0 Å². The van der Waals surface area contributed by atoms with Crippen LogP contribution >= 0.6 is 0 Å². The molecule has 0 spiro atoms. The van der Waals surface area contributed by atoms with Crippen molar-refractivity contribution in [1.82, 2.24) is 24.8 Å². The molecule has 5 rings (SSSR count). The number of aryl methyl sites for hydroxylation is 1. The Kier molecular flexibility index (Phi) is 5.33. The molecule has 7 nitrogen and oxygen atoms in total. The smallest absolute Gasteiger partial charge is 0.291 e. The van der Waals surface area contributed by atoms with Crippen molar-refractivity contribution < 1.29 is 9.26 Å². The lowest BCUT2D eigenvalue weighted by Gasteiger charge is -2.38. The van der Waals surface area contributed by atoms with Crippen LogP contribution in [0.15, 0.2) is 22.7 Å². The Hall–Kier alpha value is -2.25. The van der Waals surface area contributed by atoms with Crippen molar-refractivity contribution in [3.63, 3.8) is 0 Å². The zero-order valence-corrected chi connectivity index (χ0v) is 18.2. The Morgan fingerprint density at radius 1 is 1.07 bits per heavy atom. The summed E-state index contributed by atoms with van der Waals surface area (Å²) in [6, 6.07) is 7.08. The first-order valence-corrected chi connectivity index (χ1v) is 11.2. The molecule has 7 heteroatoms. The number of hydrogen-bond donors (Lipinski definition) is 0. The van der Waals surface area contributed by atoms with Crippen molar-refractivity contribution in [3.8, 4) is 5.95 Å². The van der Waals surface area contributed by atoms with E-state index >= 15 is 0 Å². The number of aromatic nitrogens is 4. The standard InChI is InChI=1S/C23H31N5O2/c1-15(2)21-19-14-16(3)4-5-20(19)28(25-21)23-24-22(30-26-23)17-6-10-27(11-7-17)18-8-12-29-13-9-18/h4-5,14-15,17-18H,6-13H2,1-3H3. The number of hydrogen-bond acceptors (Lipinski definition) is 6. The number of benzene rings is 1. The summed E-state index contributed by atoms with van der Waals surface area (Å²) in [7, 11) is 0. The van der Waals surface area contributed by atoms with Crippen molar-refractivity contribution in [2.75, 3.05) is 26.3 Å². The molecule has 0 saturated carbocycles. The largest absolute Gasteiger partial charge is 0.381 e. The van der Waals surface area contributed by atoms with E-state index < -0.39 is 0 Å². The first kappa shape index (κ1) is 19.7. The third-order valence-electron chi connectivity index (χ3n) is 6.62. The van der Waals surface area contributed by atoms with E-state index in [0.717, 1.165) is 69.1 Å². The summed E-state index contributed by atoms with van der Waals surface area (Å²) in [5.41, 5.74) is 3.34. The fourth-order valence-electron chi connectivity index (χ4n) is 4.87. The van der Waals surface area contributed by atoms with Gasteiger partial charge in [-0.2, -0.15) is 14.8 Å². The zero-order chi connectivity index (χ0) is 20.7. The molecule has 1 aromatic carbocycles. The molecule has 2 aliphatic rings. The summed E-state index contributed by atoms with van der Waals surface area (Å²) >= 11 is 0. The van der Waals surface area contributed by atoms with E-state index in [4.69, 9.17) is 19.3 Å². The van der Waals surface area contributed by atoms with E-state index in [-0.39, 0.29) is 0 Å². The van der Waals surface area contributed by atoms with Crippen molar-refractivity contribution in [2.24, 2.45) is 0 Å². The van der Waals surface area contributed by atoms with Gasteiger partial charge in [-0.3, -0.25) is 0 Å². The summed E-state index contributed by atoms with van der Waals surface area (Å²) in [5.74, 6) is 1.95. The van der Waals surface area contributed by atoms with Crippen LogP contribution in [0.5, 0.6) is 0 Å². The van der Waals surface area contributed by atoms with Crippen LogP contribution in [0.4, 0.5) is 0 Å². The lowest BCUT2D eigenvalue weighted by Crippen LogP contribution is -2.43. The minimum absolute atomic E-state index is 0.330. The second kappa shape index (κ2) is 8.12. The highest BCUT2D eigenvalue weighted by atomic mass is 16.5. The van der Waals surface area contributed by atoms with E-state index in [1.165, 1.54) is 10.9 Å². The Morgan fingerprint density at radius 2 is 1.83 bits per heavy atom. The first-order valence-electron chi connectivity index (χ1n) is 11.2. The topological polar surface area (TPSA) is 69.2 Å².